The summed E-state index contributed by atoms with van der Waals surface area (Å²) in [5, 5.41) is 11.7. The normalized spacial score (nSPS) is 11.3. The van der Waals surface area contributed by atoms with Gasteiger partial charge in [-0.1, -0.05) is 30.3 Å². The van der Waals surface area contributed by atoms with E-state index in [4.69, 9.17) is 15.7 Å². The third-order valence-electron chi connectivity index (χ3n) is 2.94. The van der Waals surface area contributed by atoms with Crippen molar-refractivity contribution in [3.05, 3.63) is 59.4 Å². The van der Waals surface area contributed by atoms with E-state index in [1.807, 2.05) is 24.3 Å². The molecule has 1 aromatic heterocycles. The lowest BCUT2D eigenvalue weighted by Gasteiger charge is -2.10. The predicted molar refractivity (Wildman–Crippen MR) is 76.9 cm³/mol. The van der Waals surface area contributed by atoms with Crippen LogP contribution < -0.4 is 10.5 Å². The second kappa shape index (κ2) is 6.56. The average Bonchev–Trinajstić information content (AvgIpc) is 2.52. The van der Waals surface area contributed by atoms with Gasteiger partial charge in [0.15, 0.2) is 5.84 Å². The molecule has 0 fully saturated rings. The first kappa shape index (κ1) is 13.9. The zero-order valence-electron chi connectivity index (χ0n) is 11.3. The first-order valence-corrected chi connectivity index (χ1v) is 6.38. The highest BCUT2D eigenvalue weighted by molar-refractivity contribution is 5.96. The first-order valence-electron chi connectivity index (χ1n) is 6.38. The van der Waals surface area contributed by atoms with Crippen LogP contribution in [0.1, 0.15) is 23.7 Å². The van der Waals surface area contributed by atoms with Crippen LogP contribution in [-0.2, 0) is 13.0 Å². The molecule has 0 aliphatic rings. The van der Waals surface area contributed by atoms with E-state index in [2.05, 4.69) is 23.1 Å². The summed E-state index contributed by atoms with van der Waals surface area (Å²) in [6, 6.07) is 11.5. The smallest absolute Gasteiger partial charge is 0.189 e. The van der Waals surface area contributed by atoms with Crippen molar-refractivity contribution < 1.29 is 9.94 Å². The van der Waals surface area contributed by atoms with Gasteiger partial charge in [-0.15, -0.1) is 0 Å². The lowest BCUT2D eigenvalue weighted by atomic mass is 10.1. The minimum atomic E-state index is -0.0218. The molecule has 0 spiro atoms. The van der Waals surface area contributed by atoms with Gasteiger partial charge >= 0.3 is 0 Å². The molecule has 0 aliphatic heterocycles. The Bertz CT molecular complexity index is 612. The summed E-state index contributed by atoms with van der Waals surface area (Å²) in [5.74, 6) is 0.769. The molecule has 1 aromatic carbocycles. The second-order valence-corrected chi connectivity index (χ2v) is 4.29. The zero-order valence-corrected chi connectivity index (χ0v) is 11.3. The standard InChI is InChI=1S/C15H17N3O2/c1-2-11-5-3-7-13(9-11)20-10-12-6-4-8-17-14(12)15(16)18-19/h3-9,19H,2,10H2,1H3,(H2,16,18). The Morgan fingerprint density at radius 3 is 2.95 bits per heavy atom. The van der Waals surface area contributed by atoms with Gasteiger partial charge in [0.2, 0.25) is 0 Å². The van der Waals surface area contributed by atoms with Crippen molar-refractivity contribution in [2.75, 3.05) is 0 Å². The van der Waals surface area contributed by atoms with E-state index in [0.29, 0.717) is 12.3 Å². The van der Waals surface area contributed by atoms with Crippen molar-refractivity contribution in [1.29, 1.82) is 0 Å². The average molecular weight is 271 g/mol. The molecule has 3 N–H and O–H groups in total. The largest absolute Gasteiger partial charge is 0.489 e. The van der Waals surface area contributed by atoms with Crippen LogP contribution >= 0.6 is 0 Å². The number of nitrogens with zero attached hydrogens (tertiary/aromatic N) is 2. The summed E-state index contributed by atoms with van der Waals surface area (Å²) in [7, 11) is 0. The van der Waals surface area contributed by atoms with Crippen molar-refractivity contribution in [3.8, 4) is 5.75 Å². The molecule has 2 aromatic rings. The quantitative estimate of drug-likeness (QED) is 0.378. The molecular formula is C15H17N3O2. The Morgan fingerprint density at radius 2 is 2.20 bits per heavy atom. The van der Waals surface area contributed by atoms with Gasteiger partial charge in [-0.2, -0.15) is 0 Å². The maximum Gasteiger partial charge on any atom is 0.189 e. The third kappa shape index (κ3) is 3.26. The zero-order chi connectivity index (χ0) is 14.4. The van der Waals surface area contributed by atoms with Crippen LogP contribution in [0.3, 0.4) is 0 Å². The number of hydrogen-bond acceptors (Lipinski definition) is 4. The third-order valence-corrected chi connectivity index (χ3v) is 2.94. The SMILES string of the molecule is CCc1cccc(OCc2cccnc2C(N)=NO)c1. The van der Waals surface area contributed by atoms with E-state index in [0.717, 1.165) is 17.7 Å². The molecular weight excluding hydrogens is 254 g/mol. The fourth-order valence-electron chi connectivity index (χ4n) is 1.85. The van der Waals surface area contributed by atoms with E-state index in [9.17, 15) is 0 Å². The summed E-state index contributed by atoms with van der Waals surface area (Å²) in [4.78, 5) is 4.10. The molecule has 5 nitrogen and oxygen atoms in total. The fraction of sp³-hybridized carbons (Fsp3) is 0.200. The maximum atomic E-state index is 8.75. The van der Waals surface area contributed by atoms with E-state index in [-0.39, 0.29) is 5.84 Å². The molecule has 0 radical (unpaired) electrons. The van der Waals surface area contributed by atoms with Gasteiger partial charge in [0, 0.05) is 11.8 Å². The van der Waals surface area contributed by atoms with Crippen LogP contribution in [-0.4, -0.2) is 16.0 Å². The van der Waals surface area contributed by atoms with Gasteiger partial charge in [0.25, 0.3) is 0 Å². The number of aromatic nitrogens is 1. The predicted octanol–water partition coefficient (Wildman–Crippen LogP) is 2.32. The Morgan fingerprint density at radius 1 is 1.35 bits per heavy atom. The van der Waals surface area contributed by atoms with Crippen molar-refractivity contribution >= 4 is 5.84 Å². The lowest BCUT2D eigenvalue weighted by Crippen LogP contribution is -2.18. The van der Waals surface area contributed by atoms with Crippen LogP contribution in [0.2, 0.25) is 0 Å². The Balaban J connectivity index is 2.14. The minimum Gasteiger partial charge on any atom is -0.489 e. The fourth-order valence-corrected chi connectivity index (χ4v) is 1.85. The summed E-state index contributed by atoms with van der Waals surface area (Å²) in [5.41, 5.74) is 8.01. The molecule has 20 heavy (non-hydrogen) atoms. The number of amidine groups is 1. The highest BCUT2D eigenvalue weighted by Crippen LogP contribution is 2.16. The number of rotatable bonds is 5. The number of ether oxygens (including phenoxy) is 1. The van der Waals surface area contributed by atoms with Gasteiger partial charge in [0.1, 0.15) is 18.1 Å². The number of pyridine rings is 1. The maximum absolute atomic E-state index is 8.75. The van der Waals surface area contributed by atoms with E-state index in [1.165, 1.54) is 5.56 Å². The Hall–Kier alpha value is -2.56. The molecule has 0 unspecified atom stereocenters. The van der Waals surface area contributed by atoms with Crippen LogP contribution in [0, 0.1) is 0 Å². The van der Waals surface area contributed by atoms with Crippen LogP contribution in [0.4, 0.5) is 0 Å². The van der Waals surface area contributed by atoms with Crippen molar-refractivity contribution in [2.24, 2.45) is 10.9 Å². The summed E-state index contributed by atoms with van der Waals surface area (Å²) in [6.45, 7) is 2.41. The molecule has 0 bridgehead atoms. The molecule has 1 heterocycles. The van der Waals surface area contributed by atoms with Crippen LogP contribution in [0.25, 0.3) is 0 Å². The number of oxime groups is 1. The van der Waals surface area contributed by atoms with Gasteiger partial charge < -0.3 is 15.7 Å². The van der Waals surface area contributed by atoms with E-state index >= 15 is 0 Å². The van der Waals surface area contributed by atoms with E-state index < -0.39 is 0 Å². The highest BCUT2D eigenvalue weighted by atomic mass is 16.5. The molecule has 0 atom stereocenters. The Kier molecular flexibility index (Phi) is 4.55. The molecule has 5 heteroatoms. The topological polar surface area (TPSA) is 80.7 Å². The lowest BCUT2D eigenvalue weighted by molar-refractivity contribution is 0.304. The molecule has 0 saturated carbocycles. The van der Waals surface area contributed by atoms with Gasteiger partial charge in [0.05, 0.1) is 0 Å². The summed E-state index contributed by atoms with van der Waals surface area (Å²) in [6.07, 6.45) is 2.55. The Labute approximate surface area is 117 Å². The molecule has 2 rings (SSSR count). The monoisotopic (exact) mass is 271 g/mol. The first-order chi connectivity index (χ1) is 9.74. The minimum absolute atomic E-state index is 0.0218. The van der Waals surface area contributed by atoms with Crippen molar-refractivity contribution in [3.63, 3.8) is 0 Å². The van der Waals surface area contributed by atoms with E-state index in [1.54, 1.807) is 12.3 Å². The summed E-state index contributed by atoms with van der Waals surface area (Å²) >= 11 is 0. The van der Waals surface area contributed by atoms with Gasteiger partial charge in [-0.25, -0.2) is 0 Å². The highest BCUT2D eigenvalue weighted by Gasteiger charge is 2.08. The molecule has 0 amide bonds. The number of benzene rings is 1. The van der Waals surface area contributed by atoms with Crippen LogP contribution in [0.5, 0.6) is 5.75 Å². The number of nitrogens with two attached hydrogens (primary N) is 1. The van der Waals surface area contributed by atoms with Crippen molar-refractivity contribution in [1.82, 2.24) is 4.98 Å². The van der Waals surface area contributed by atoms with Crippen molar-refractivity contribution in [2.45, 2.75) is 20.0 Å². The number of hydrogen-bond donors (Lipinski definition) is 2. The van der Waals surface area contributed by atoms with Crippen LogP contribution in [0.15, 0.2) is 47.8 Å². The molecule has 0 aliphatic carbocycles. The molecule has 0 saturated heterocycles. The number of aryl methyl sites for hydroxylation is 1. The molecule has 104 valence electrons. The second-order valence-electron chi connectivity index (χ2n) is 4.29. The van der Waals surface area contributed by atoms with Gasteiger partial charge in [-0.05, 0) is 30.2 Å². The van der Waals surface area contributed by atoms with Gasteiger partial charge in [-0.3, -0.25) is 4.98 Å². The summed E-state index contributed by atoms with van der Waals surface area (Å²) < 4.78 is 5.74.